The molecule has 0 unspecified atom stereocenters. The van der Waals surface area contributed by atoms with Gasteiger partial charge in [-0.15, -0.1) is 0 Å². The number of nitrogens with one attached hydrogen (secondary N) is 1. The summed E-state index contributed by atoms with van der Waals surface area (Å²) in [6, 6.07) is 10.8. The average molecular weight is 374 g/mol. The minimum Gasteiger partial charge on any atom is -0.492 e. The Bertz CT molecular complexity index is 831. The van der Waals surface area contributed by atoms with Crippen LogP contribution in [-0.4, -0.2) is 30.8 Å². The Hall–Kier alpha value is -3.09. The van der Waals surface area contributed by atoms with Gasteiger partial charge in [-0.25, -0.2) is 9.18 Å². The lowest BCUT2D eigenvalue weighted by molar-refractivity contribution is 0.0520. The third-order valence-corrected chi connectivity index (χ3v) is 3.41. The summed E-state index contributed by atoms with van der Waals surface area (Å²) >= 11 is 0. The molecule has 2 amide bonds. The first-order chi connectivity index (χ1) is 12.7. The van der Waals surface area contributed by atoms with Crippen molar-refractivity contribution in [2.45, 2.75) is 26.4 Å². The number of ether oxygens (including phenoxy) is 2. The molecule has 2 rings (SSSR count). The van der Waals surface area contributed by atoms with Crippen LogP contribution in [0.2, 0.25) is 0 Å². The number of nitrogens with two attached hydrogens (primary N) is 1. The van der Waals surface area contributed by atoms with E-state index in [9.17, 15) is 14.0 Å². The Morgan fingerprint density at radius 3 is 2.48 bits per heavy atom. The standard InChI is InChI=1S/C20H23FN2O4/c1-20(2,3)27-19(25)23-8-9-26-15-11-13(10-14(12-15)18(22)24)16-6-4-5-7-17(16)21/h4-7,10-12H,8-9H2,1-3H3,(H2,22,24)(H,23,25). The number of carbonyl (C=O) groups excluding carboxylic acids is 2. The van der Waals surface area contributed by atoms with Gasteiger partial charge in [-0.3, -0.25) is 4.79 Å². The third kappa shape index (κ3) is 6.29. The van der Waals surface area contributed by atoms with Gasteiger partial charge in [0.05, 0.1) is 6.54 Å². The van der Waals surface area contributed by atoms with Gasteiger partial charge in [-0.2, -0.15) is 0 Å². The van der Waals surface area contributed by atoms with Crippen molar-refractivity contribution in [3.05, 3.63) is 53.8 Å². The number of amides is 2. The fourth-order valence-corrected chi connectivity index (χ4v) is 2.31. The molecule has 2 aromatic carbocycles. The molecule has 0 heterocycles. The maximum Gasteiger partial charge on any atom is 0.407 e. The lowest BCUT2D eigenvalue weighted by atomic mass is 10.0. The predicted molar refractivity (Wildman–Crippen MR) is 100 cm³/mol. The Kier molecular flexibility index (Phi) is 6.39. The number of hydrogen-bond donors (Lipinski definition) is 2. The fraction of sp³-hybridized carbons (Fsp3) is 0.300. The van der Waals surface area contributed by atoms with Crippen molar-refractivity contribution in [2.75, 3.05) is 13.2 Å². The number of benzene rings is 2. The van der Waals surface area contributed by atoms with E-state index >= 15 is 0 Å². The average Bonchev–Trinajstić information content (AvgIpc) is 2.57. The van der Waals surface area contributed by atoms with Crippen LogP contribution in [-0.2, 0) is 4.74 Å². The number of alkyl carbamates (subject to hydrolysis) is 1. The van der Waals surface area contributed by atoms with Gasteiger partial charge in [0.1, 0.15) is 23.8 Å². The molecule has 0 atom stereocenters. The molecule has 0 aliphatic heterocycles. The Morgan fingerprint density at radius 1 is 1.15 bits per heavy atom. The normalized spacial score (nSPS) is 11.0. The first kappa shape index (κ1) is 20.2. The molecule has 0 radical (unpaired) electrons. The van der Waals surface area contributed by atoms with Crippen molar-refractivity contribution in [3.8, 4) is 16.9 Å². The van der Waals surface area contributed by atoms with Crippen molar-refractivity contribution in [3.63, 3.8) is 0 Å². The van der Waals surface area contributed by atoms with E-state index in [-0.39, 0.29) is 18.7 Å². The Labute approximate surface area is 157 Å². The molecule has 0 saturated heterocycles. The first-order valence-electron chi connectivity index (χ1n) is 8.45. The molecule has 2 aromatic rings. The summed E-state index contributed by atoms with van der Waals surface area (Å²) in [6.45, 7) is 5.64. The van der Waals surface area contributed by atoms with E-state index in [0.29, 0.717) is 16.9 Å². The minimum atomic E-state index is -0.648. The van der Waals surface area contributed by atoms with Gasteiger partial charge in [-0.1, -0.05) is 18.2 Å². The van der Waals surface area contributed by atoms with Gasteiger partial charge in [0.25, 0.3) is 0 Å². The van der Waals surface area contributed by atoms with Crippen molar-refractivity contribution in [2.24, 2.45) is 5.73 Å². The van der Waals surface area contributed by atoms with E-state index in [4.69, 9.17) is 15.2 Å². The van der Waals surface area contributed by atoms with Gasteiger partial charge in [0.15, 0.2) is 0 Å². The number of primary amides is 1. The predicted octanol–water partition coefficient (Wildman–Crippen LogP) is 3.50. The molecule has 0 saturated carbocycles. The largest absolute Gasteiger partial charge is 0.492 e. The van der Waals surface area contributed by atoms with Crippen LogP contribution in [0.1, 0.15) is 31.1 Å². The second-order valence-electron chi connectivity index (χ2n) is 6.87. The van der Waals surface area contributed by atoms with Gasteiger partial charge in [-0.05, 0) is 50.6 Å². The van der Waals surface area contributed by atoms with Crippen LogP contribution in [0.3, 0.4) is 0 Å². The monoisotopic (exact) mass is 374 g/mol. The van der Waals surface area contributed by atoms with E-state index in [2.05, 4.69) is 5.32 Å². The van der Waals surface area contributed by atoms with Crippen LogP contribution in [0.25, 0.3) is 11.1 Å². The molecular formula is C20H23FN2O4. The van der Waals surface area contributed by atoms with Crippen LogP contribution in [0.4, 0.5) is 9.18 Å². The van der Waals surface area contributed by atoms with Crippen LogP contribution in [0.5, 0.6) is 5.75 Å². The highest BCUT2D eigenvalue weighted by Gasteiger charge is 2.15. The van der Waals surface area contributed by atoms with E-state index in [1.165, 1.54) is 18.2 Å². The van der Waals surface area contributed by atoms with Gasteiger partial charge in [0.2, 0.25) is 5.91 Å². The lowest BCUT2D eigenvalue weighted by Gasteiger charge is -2.19. The summed E-state index contributed by atoms with van der Waals surface area (Å²) < 4.78 is 24.8. The van der Waals surface area contributed by atoms with Crippen LogP contribution in [0, 0.1) is 5.82 Å². The number of hydrogen-bond acceptors (Lipinski definition) is 4. The Morgan fingerprint density at radius 2 is 1.85 bits per heavy atom. The number of rotatable bonds is 6. The molecule has 0 aliphatic rings. The van der Waals surface area contributed by atoms with Gasteiger partial charge < -0.3 is 20.5 Å². The number of halogens is 1. The lowest BCUT2D eigenvalue weighted by Crippen LogP contribution is -2.34. The fourth-order valence-electron chi connectivity index (χ4n) is 2.31. The van der Waals surface area contributed by atoms with Gasteiger partial charge in [0, 0.05) is 11.1 Å². The van der Waals surface area contributed by atoms with E-state index in [1.807, 2.05) is 0 Å². The molecule has 0 bridgehead atoms. The van der Waals surface area contributed by atoms with Crippen molar-refractivity contribution in [1.29, 1.82) is 0 Å². The molecule has 0 fully saturated rings. The summed E-state index contributed by atoms with van der Waals surface area (Å²) in [6.07, 6.45) is -0.552. The molecule has 0 aromatic heterocycles. The molecule has 3 N–H and O–H groups in total. The van der Waals surface area contributed by atoms with E-state index < -0.39 is 23.4 Å². The molecule has 27 heavy (non-hydrogen) atoms. The maximum absolute atomic E-state index is 14.1. The maximum atomic E-state index is 14.1. The summed E-state index contributed by atoms with van der Waals surface area (Å²) in [4.78, 5) is 23.2. The Balaban J connectivity index is 2.07. The van der Waals surface area contributed by atoms with E-state index in [1.54, 1.807) is 45.0 Å². The zero-order valence-electron chi connectivity index (χ0n) is 15.5. The van der Waals surface area contributed by atoms with Gasteiger partial charge >= 0.3 is 6.09 Å². The molecule has 0 spiro atoms. The molecule has 144 valence electrons. The summed E-state index contributed by atoms with van der Waals surface area (Å²) in [5, 5.41) is 2.56. The molecule has 0 aliphatic carbocycles. The SMILES string of the molecule is CC(C)(C)OC(=O)NCCOc1cc(C(N)=O)cc(-c2ccccc2F)c1. The summed E-state index contributed by atoms with van der Waals surface area (Å²) in [7, 11) is 0. The van der Waals surface area contributed by atoms with Crippen molar-refractivity contribution < 1.29 is 23.5 Å². The quantitative estimate of drug-likeness (QED) is 0.757. The highest BCUT2D eigenvalue weighted by Crippen LogP contribution is 2.28. The second kappa shape index (κ2) is 8.53. The van der Waals surface area contributed by atoms with Crippen molar-refractivity contribution in [1.82, 2.24) is 5.32 Å². The molecule has 7 heteroatoms. The second-order valence-corrected chi connectivity index (χ2v) is 6.87. The first-order valence-corrected chi connectivity index (χ1v) is 8.45. The highest BCUT2D eigenvalue weighted by atomic mass is 19.1. The number of carbonyl (C=O) groups is 2. The van der Waals surface area contributed by atoms with Crippen LogP contribution >= 0.6 is 0 Å². The van der Waals surface area contributed by atoms with E-state index in [0.717, 1.165) is 0 Å². The van der Waals surface area contributed by atoms with Crippen molar-refractivity contribution >= 4 is 12.0 Å². The zero-order valence-corrected chi connectivity index (χ0v) is 15.5. The minimum absolute atomic E-state index is 0.137. The van der Waals surface area contributed by atoms with Crippen LogP contribution in [0.15, 0.2) is 42.5 Å². The topological polar surface area (TPSA) is 90.7 Å². The summed E-state index contributed by atoms with van der Waals surface area (Å²) in [5.74, 6) is -0.725. The smallest absolute Gasteiger partial charge is 0.407 e. The molecule has 6 nitrogen and oxygen atoms in total. The summed E-state index contributed by atoms with van der Waals surface area (Å²) in [5.41, 5.74) is 5.77. The highest BCUT2D eigenvalue weighted by molar-refractivity contribution is 5.94. The molecular weight excluding hydrogens is 351 g/mol. The zero-order chi connectivity index (χ0) is 20.0. The van der Waals surface area contributed by atoms with Crippen LogP contribution < -0.4 is 15.8 Å². The third-order valence-electron chi connectivity index (χ3n) is 3.41.